The number of aliphatic carboxylic acids is 1. The second kappa shape index (κ2) is 4.33. The monoisotopic (exact) mass is 214 g/mol. The number of hydrogen-bond donors (Lipinski definition) is 1. The van der Waals surface area contributed by atoms with E-state index in [0.717, 1.165) is 5.56 Å². The number of carbonyl (C=O) groups is 1. The summed E-state index contributed by atoms with van der Waals surface area (Å²) in [5.74, 6) is -0.576. The maximum atomic E-state index is 10.6. The van der Waals surface area contributed by atoms with Gasteiger partial charge >= 0.3 is 5.97 Å². The number of halogens is 1. The summed E-state index contributed by atoms with van der Waals surface area (Å²) >= 11 is 5.86. The molecule has 1 rings (SSSR count). The standard InChI is InChI=1S/C10H11ClO3/c1-6-4-3-5-8(11)9(6)14-7(2)10(12)13/h3-5,7H,1-2H3,(H,12,13)/t7-/m0/s1. The molecule has 0 aliphatic heterocycles. The van der Waals surface area contributed by atoms with Crippen LogP contribution in [-0.2, 0) is 4.79 Å². The van der Waals surface area contributed by atoms with Crippen LogP contribution < -0.4 is 4.74 Å². The average Bonchev–Trinajstić information content (AvgIpc) is 2.11. The number of aryl methyl sites for hydroxylation is 1. The van der Waals surface area contributed by atoms with Crippen LogP contribution in [0, 0.1) is 6.92 Å². The van der Waals surface area contributed by atoms with E-state index in [1.54, 1.807) is 12.1 Å². The van der Waals surface area contributed by atoms with Crippen molar-refractivity contribution in [1.82, 2.24) is 0 Å². The van der Waals surface area contributed by atoms with Crippen molar-refractivity contribution in [1.29, 1.82) is 0 Å². The van der Waals surface area contributed by atoms with Crippen LogP contribution in [0.2, 0.25) is 5.02 Å². The lowest BCUT2D eigenvalue weighted by molar-refractivity contribution is -0.144. The molecule has 0 heterocycles. The van der Waals surface area contributed by atoms with Gasteiger partial charge in [0.1, 0.15) is 5.75 Å². The van der Waals surface area contributed by atoms with Crippen LogP contribution in [0.25, 0.3) is 0 Å². The minimum absolute atomic E-state index is 0.429. The van der Waals surface area contributed by atoms with Gasteiger partial charge in [0.15, 0.2) is 6.10 Å². The highest BCUT2D eigenvalue weighted by Crippen LogP contribution is 2.28. The summed E-state index contributed by atoms with van der Waals surface area (Å²) in [5, 5.41) is 9.09. The summed E-state index contributed by atoms with van der Waals surface area (Å²) in [6.07, 6.45) is -0.895. The van der Waals surface area contributed by atoms with E-state index in [-0.39, 0.29) is 0 Å². The van der Waals surface area contributed by atoms with Crippen molar-refractivity contribution >= 4 is 17.6 Å². The van der Waals surface area contributed by atoms with Crippen molar-refractivity contribution in [2.75, 3.05) is 0 Å². The Labute approximate surface area is 87.3 Å². The molecule has 76 valence electrons. The highest BCUT2D eigenvalue weighted by Gasteiger charge is 2.15. The molecule has 0 aromatic heterocycles. The quantitative estimate of drug-likeness (QED) is 0.841. The Balaban J connectivity index is 2.91. The van der Waals surface area contributed by atoms with Gasteiger partial charge in [0.05, 0.1) is 5.02 Å². The summed E-state index contributed by atoms with van der Waals surface area (Å²) in [6, 6.07) is 5.27. The Bertz CT molecular complexity index is 329. The van der Waals surface area contributed by atoms with Gasteiger partial charge in [-0.05, 0) is 25.5 Å². The zero-order valence-corrected chi connectivity index (χ0v) is 8.71. The molecule has 1 atom stereocenters. The molecule has 0 amide bonds. The van der Waals surface area contributed by atoms with E-state index < -0.39 is 12.1 Å². The van der Waals surface area contributed by atoms with Crippen LogP contribution in [0.4, 0.5) is 0 Å². The number of carboxylic acid groups (broad SMARTS) is 1. The average molecular weight is 215 g/mol. The molecular weight excluding hydrogens is 204 g/mol. The Hall–Kier alpha value is -1.22. The predicted molar refractivity (Wildman–Crippen MR) is 53.9 cm³/mol. The van der Waals surface area contributed by atoms with Gasteiger partial charge in [-0.3, -0.25) is 0 Å². The molecule has 3 nitrogen and oxygen atoms in total. The minimum Gasteiger partial charge on any atom is -0.479 e. The summed E-state index contributed by atoms with van der Waals surface area (Å²) in [4.78, 5) is 10.6. The molecule has 0 unspecified atom stereocenters. The molecule has 0 saturated heterocycles. The SMILES string of the molecule is Cc1cccc(Cl)c1O[C@@H](C)C(=O)O. The third-order valence-corrected chi connectivity index (χ3v) is 2.10. The van der Waals surface area contributed by atoms with E-state index in [2.05, 4.69) is 0 Å². The Morgan fingerprint density at radius 1 is 1.57 bits per heavy atom. The fourth-order valence-electron chi connectivity index (χ4n) is 0.993. The molecule has 1 N–H and O–H groups in total. The second-order valence-electron chi connectivity index (χ2n) is 2.98. The van der Waals surface area contributed by atoms with Crippen molar-refractivity contribution in [2.45, 2.75) is 20.0 Å². The van der Waals surface area contributed by atoms with Gasteiger partial charge in [0.2, 0.25) is 0 Å². The van der Waals surface area contributed by atoms with E-state index in [1.807, 2.05) is 13.0 Å². The Morgan fingerprint density at radius 2 is 2.21 bits per heavy atom. The van der Waals surface area contributed by atoms with E-state index in [1.165, 1.54) is 6.92 Å². The van der Waals surface area contributed by atoms with Crippen molar-refractivity contribution in [3.05, 3.63) is 28.8 Å². The molecule has 4 heteroatoms. The van der Waals surface area contributed by atoms with Crippen molar-refractivity contribution in [3.8, 4) is 5.75 Å². The summed E-state index contributed by atoms with van der Waals surface area (Å²) < 4.78 is 5.21. The Morgan fingerprint density at radius 3 is 2.71 bits per heavy atom. The first-order valence-corrected chi connectivity index (χ1v) is 4.54. The molecule has 14 heavy (non-hydrogen) atoms. The number of rotatable bonds is 3. The van der Waals surface area contributed by atoms with Crippen LogP contribution >= 0.6 is 11.6 Å². The highest BCUT2D eigenvalue weighted by atomic mass is 35.5. The maximum absolute atomic E-state index is 10.6. The van der Waals surface area contributed by atoms with Gasteiger partial charge < -0.3 is 9.84 Å². The third-order valence-electron chi connectivity index (χ3n) is 1.81. The van der Waals surface area contributed by atoms with Gasteiger partial charge in [-0.1, -0.05) is 23.7 Å². The van der Waals surface area contributed by atoms with Gasteiger partial charge in [-0.15, -0.1) is 0 Å². The van der Waals surface area contributed by atoms with Gasteiger partial charge in [0, 0.05) is 0 Å². The zero-order valence-electron chi connectivity index (χ0n) is 7.95. The zero-order chi connectivity index (χ0) is 10.7. The smallest absolute Gasteiger partial charge is 0.344 e. The molecular formula is C10H11ClO3. The second-order valence-corrected chi connectivity index (χ2v) is 3.39. The van der Waals surface area contributed by atoms with E-state index in [0.29, 0.717) is 10.8 Å². The number of para-hydroxylation sites is 1. The van der Waals surface area contributed by atoms with Crippen molar-refractivity contribution in [3.63, 3.8) is 0 Å². The number of hydrogen-bond acceptors (Lipinski definition) is 2. The largest absolute Gasteiger partial charge is 0.479 e. The lowest BCUT2D eigenvalue weighted by Crippen LogP contribution is -2.23. The van der Waals surface area contributed by atoms with Gasteiger partial charge in [-0.2, -0.15) is 0 Å². The molecule has 0 saturated carbocycles. The van der Waals surface area contributed by atoms with E-state index in [4.69, 9.17) is 21.4 Å². The molecule has 0 aliphatic carbocycles. The normalized spacial score (nSPS) is 12.2. The Kier molecular flexibility index (Phi) is 3.36. The van der Waals surface area contributed by atoms with Gasteiger partial charge in [0.25, 0.3) is 0 Å². The van der Waals surface area contributed by atoms with Crippen LogP contribution in [-0.4, -0.2) is 17.2 Å². The molecule has 0 bridgehead atoms. The first-order chi connectivity index (χ1) is 6.52. The predicted octanol–water partition coefficient (Wildman–Crippen LogP) is 2.50. The minimum atomic E-state index is -1.01. The van der Waals surface area contributed by atoms with Crippen LogP contribution in [0.5, 0.6) is 5.75 Å². The van der Waals surface area contributed by atoms with Crippen LogP contribution in [0.1, 0.15) is 12.5 Å². The molecule has 0 radical (unpaired) electrons. The summed E-state index contributed by atoms with van der Waals surface area (Å²) in [6.45, 7) is 3.28. The third kappa shape index (κ3) is 2.39. The molecule has 0 spiro atoms. The lowest BCUT2D eigenvalue weighted by atomic mass is 10.2. The summed E-state index contributed by atoms with van der Waals surface area (Å²) in [7, 11) is 0. The highest BCUT2D eigenvalue weighted by molar-refractivity contribution is 6.32. The number of ether oxygens (including phenoxy) is 1. The van der Waals surface area contributed by atoms with Crippen molar-refractivity contribution < 1.29 is 14.6 Å². The maximum Gasteiger partial charge on any atom is 0.344 e. The molecule has 1 aromatic carbocycles. The van der Waals surface area contributed by atoms with Crippen LogP contribution in [0.3, 0.4) is 0 Å². The first-order valence-electron chi connectivity index (χ1n) is 4.17. The van der Waals surface area contributed by atoms with E-state index in [9.17, 15) is 4.79 Å². The molecule has 0 aliphatic rings. The molecule has 0 fully saturated rings. The first kappa shape index (κ1) is 10.9. The topological polar surface area (TPSA) is 46.5 Å². The van der Waals surface area contributed by atoms with Gasteiger partial charge in [-0.25, -0.2) is 4.79 Å². The summed E-state index contributed by atoms with van der Waals surface area (Å²) in [5.41, 5.74) is 0.825. The van der Waals surface area contributed by atoms with Crippen LogP contribution in [0.15, 0.2) is 18.2 Å². The fraction of sp³-hybridized carbons (Fsp3) is 0.300. The molecule has 1 aromatic rings. The lowest BCUT2D eigenvalue weighted by Gasteiger charge is -2.13. The fourth-order valence-corrected chi connectivity index (χ4v) is 1.26. The van der Waals surface area contributed by atoms with Crippen molar-refractivity contribution in [2.24, 2.45) is 0 Å². The number of carboxylic acids is 1. The number of benzene rings is 1. The van der Waals surface area contributed by atoms with E-state index >= 15 is 0 Å².